The minimum atomic E-state index is -0.303. The van der Waals surface area contributed by atoms with E-state index < -0.39 is 0 Å². The molecule has 0 saturated carbocycles. The number of ether oxygens (including phenoxy) is 1. The van der Waals surface area contributed by atoms with Gasteiger partial charge in [-0.2, -0.15) is 0 Å². The van der Waals surface area contributed by atoms with Crippen molar-refractivity contribution in [1.29, 1.82) is 0 Å². The zero-order chi connectivity index (χ0) is 12.8. The van der Waals surface area contributed by atoms with Crippen LogP contribution >= 0.6 is 0 Å². The van der Waals surface area contributed by atoms with Gasteiger partial charge in [-0.25, -0.2) is 0 Å². The maximum atomic E-state index is 11.7. The molecule has 1 aromatic rings. The fourth-order valence-electron chi connectivity index (χ4n) is 1.38. The van der Waals surface area contributed by atoms with Gasteiger partial charge >= 0.3 is 0 Å². The molecule has 5 heteroatoms. The summed E-state index contributed by atoms with van der Waals surface area (Å²) in [5.74, 6) is -0.616. The van der Waals surface area contributed by atoms with Crippen LogP contribution in [0, 0.1) is 5.92 Å². The summed E-state index contributed by atoms with van der Waals surface area (Å²) in [4.78, 5) is 11.7. The lowest BCUT2D eigenvalue weighted by molar-refractivity contribution is 0.0933. The Morgan fingerprint density at radius 3 is 2.71 bits per heavy atom. The van der Waals surface area contributed by atoms with Crippen molar-refractivity contribution in [3.05, 3.63) is 23.8 Å². The Hall–Kier alpha value is -1.75. The van der Waals surface area contributed by atoms with Crippen LogP contribution in [0.4, 0.5) is 0 Å². The second-order valence-electron chi connectivity index (χ2n) is 3.97. The molecule has 0 aliphatic rings. The highest BCUT2D eigenvalue weighted by atomic mass is 16.5. The van der Waals surface area contributed by atoms with E-state index in [9.17, 15) is 9.90 Å². The predicted octanol–water partition coefficient (Wildman–Crippen LogP) is 1.11. The minimum Gasteiger partial charge on any atom is -0.504 e. The van der Waals surface area contributed by atoms with Crippen molar-refractivity contribution < 1.29 is 19.7 Å². The lowest BCUT2D eigenvalue weighted by atomic mass is 10.1. The molecule has 17 heavy (non-hydrogen) atoms. The predicted molar refractivity (Wildman–Crippen MR) is 63.1 cm³/mol. The highest BCUT2D eigenvalue weighted by Crippen LogP contribution is 2.24. The van der Waals surface area contributed by atoms with Crippen LogP contribution in [-0.4, -0.2) is 36.4 Å². The van der Waals surface area contributed by atoms with Gasteiger partial charge in [0.2, 0.25) is 0 Å². The van der Waals surface area contributed by atoms with Gasteiger partial charge in [0.05, 0.1) is 6.61 Å². The summed E-state index contributed by atoms with van der Waals surface area (Å²) >= 11 is 0. The number of hydrogen-bond donors (Lipinski definition) is 3. The monoisotopic (exact) mass is 239 g/mol. The van der Waals surface area contributed by atoms with Gasteiger partial charge in [-0.15, -0.1) is 0 Å². The summed E-state index contributed by atoms with van der Waals surface area (Å²) in [6.07, 6.45) is 0. The second kappa shape index (κ2) is 6.10. The number of carbonyl (C=O) groups excluding carboxylic acids is 1. The first-order valence-corrected chi connectivity index (χ1v) is 5.33. The SMILES string of the molecule is COCC(C)CNC(=O)c1ccc(O)c(O)c1. The molecule has 1 atom stereocenters. The van der Waals surface area contributed by atoms with Crippen LogP contribution in [0.1, 0.15) is 17.3 Å². The van der Waals surface area contributed by atoms with Gasteiger partial charge in [-0.05, 0) is 24.1 Å². The van der Waals surface area contributed by atoms with Crippen molar-refractivity contribution in [2.75, 3.05) is 20.3 Å². The third-order valence-electron chi connectivity index (χ3n) is 2.30. The molecule has 1 aromatic carbocycles. The van der Waals surface area contributed by atoms with Gasteiger partial charge in [-0.3, -0.25) is 4.79 Å². The van der Waals surface area contributed by atoms with Crippen LogP contribution in [0.25, 0.3) is 0 Å². The first-order valence-electron chi connectivity index (χ1n) is 5.33. The van der Waals surface area contributed by atoms with Crippen LogP contribution in [0.5, 0.6) is 11.5 Å². The van der Waals surface area contributed by atoms with E-state index in [0.717, 1.165) is 0 Å². The van der Waals surface area contributed by atoms with Crippen molar-refractivity contribution in [2.45, 2.75) is 6.92 Å². The third-order valence-corrected chi connectivity index (χ3v) is 2.30. The Balaban J connectivity index is 2.55. The lowest BCUT2D eigenvalue weighted by Gasteiger charge is -2.11. The molecular weight excluding hydrogens is 222 g/mol. The highest BCUT2D eigenvalue weighted by Gasteiger charge is 2.09. The number of methoxy groups -OCH3 is 1. The molecule has 94 valence electrons. The van der Waals surface area contributed by atoms with Crippen molar-refractivity contribution in [3.63, 3.8) is 0 Å². The van der Waals surface area contributed by atoms with Gasteiger partial charge in [0.25, 0.3) is 5.91 Å². The van der Waals surface area contributed by atoms with E-state index >= 15 is 0 Å². The summed E-state index contributed by atoms with van der Waals surface area (Å²) < 4.78 is 4.95. The molecule has 0 fully saturated rings. The summed E-state index contributed by atoms with van der Waals surface area (Å²) in [7, 11) is 1.61. The number of nitrogens with one attached hydrogen (secondary N) is 1. The third kappa shape index (κ3) is 3.96. The highest BCUT2D eigenvalue weighted by molar-refractivity contribution is 5.94. The van der Waals surface area contributed by atoms with Crippen LogP contribution in [0.3, 0.4) is 0 Å². The summed E-state index contributed by atoms with van der Waals surface area (Å²) in [5.41, 5.74) is 0.310. The first kappa shape index (κ1) is 13.3. The molecule has 1 amide bonds. The van der Waals surface area contributed by atoms with E-state index in [1.54, 1.807) is 7.11 Å². The van der Waals surface area contributed by atoms with E-state index in [1.165, 1.54) is 18.2 Å². The lowest BCUT2D eigenvalue weighted by Crippen LogP contribution is -2.29. The topological polar surface area (TPSA) is 78.8 Å². The van der Waals surface area contributed by atoms with Gasteiger partial charge in [0.15, 0.2) is 11.5 Å². The smallest absolute Gasteiger partial charge is 0.251 e. The van der Waals surface area contributed by atoms with Gasteiger partial charge in [0, 0.05) is 19.2 Å². The van der Waals surface area contributed by atoms with Gasteiger partial charge in [-0.1, -0.05) is 6.92 Å². The Morgan fingerprint density at radius 2 is 2.12 bits per heavy atom. The molecule has 0 aromatic heterocycles. The molecule has 0 aliphatic heterocycles. The van der Waals surface area contributed by atoms with Crippen molar-refractivity contribution in [3.8, 4) is 11.5 Å². The Morgan fingerprint density at radius 1 is 1.41 bits per heavy atom. The molecule has 0 spiro atoms. The summed E-state index contributed by atoms with van der Waals surface area (Å²) in [6.45, 7) is 3.02. The fraction of sp³-hybridized carbons (Fsp3) is 0.417. The number of rotatable bonds is 5. The number of amides is 1. The van der Waals surface area contributed by atoms with Gasteiger partial charge < -0.3 is 20.3 Å². The number of benzene rings is 1. The summed E-state index contributed by atoms with van der Waals surface area (Å²) in [5, 5.41) is 21.1. The molecule has 0 bridgehead atoms. The number of aromatic hydroxyl groups is 2. The molecule has 1 rings (SSSR count). The summed E-state index contributed by atoms with van der Waals surface area (Å²) in [6, 6.07) is 3.96. The zero-order valence-electron chi connectivity index (χ0n) is 9.93. The number of hydrogen-bond acceptors (Lipinski definition) is 4. The largest absolute Gasteiger partial charge is 0.504 e. The fourth-order valence-corrected chi connectivity index (χ4v) is 1.38. The molecule has 5 nitrogen and oxygen atoms in total. The Bertz CT molecular complexity index is 392. The van der Waals surface area contributed by atoms with E-state index in [1.807, 2.05) is 6.92 Å². The molecule has 0 saturated heterocycles. The van der Waals surface area contributed by atoms with E-state index in [-0.39, 0.29) is 23.3 Å². The molecule has 0 aliphatic carbocycles. The molecule has 1 unspecified atom stereocenters. The van der Waals surface area contributed by atoms with Crippen molar-refractivity contribution in [2.24, 2.45) is 5.92 Å². The number of phenolic OH excluding ortho intramolecular Hbond substituents is 2. The van der Waals surface area contributed by atoms with Crippen molar-refractivity contribution in [1.82, 2.24) is 5.32 Å². The molecule has 3 N–H and O–H groups in total. The average Bonchev–Trinajstić information content (AvgIpc) is 2.30. The molecular formula is C12H17NO4. The molecule has 0 heterocycles. The van der Waals surface area contributed by atoms with Crippen LogP contribution in [-0.2, 0) is 4.74 Å². The maximum Gasteiger partial charge on any atom is 0.251 e. The van der Waals surface area contributed by atoms with Crippen LogP contribution in [0.2, 0.25) is 0 Å². The van der Waals surface area contributed by atoms with E-state index in [0.29, 0.717) is 18.7 Å². The quantitative estimate of drug-likeness (QED) is 0.672. The normalized spacial score (nSPS) is 12.1. The van der Waals surface area contributed by atoms with E-state index in [2.05, 4.69) is 5.32 Å². The van der Waals surface area contributed by atoms with Crippen LogP contribution in [0.15, 0.2) is 18.2 Å². The Labute approximate surface area is 100 Å². The Kier molecular flexibility index (Phi) is 4.78. The standard InChI is InChI=1S/C12H17NO4/c1-8(7-17-2)6-13-12(16)9-3-4-10(14)11(15)5-9/h3-5,8,14-15H,6-7H2,1-2H3,(H,13,16). The number of phenols is 2. The average molecular weight is 239 g/mol. The number of carbonyl (C=O) groups is 1. The van der Waals surface area contributed by atoms with Crippen LogP contribution < -0.4 is 5.32 Å². The van der Waals surface area contributed by atoms with Gasteiger partial charge in [0.1, 0.15) is 0 Å². The zero-order valence-corrected chi connectivity index (χ0v) is 9.93. The minimum absolute atomic E-state index is 0.217. The maximum absolute atomic E-state index is 11.7. The van der Waals surface area contributed by atoms with Crippen molar-refractivity contribution >= 4 is 5.91 Å². The second-order valence-corrected chi connectivity index (χ2v) is 3.97. The van der Waals surface area contributed by atoms with E-state index in [4.69, 9.17) is 9.84 Å². The first-order chi connectivity index (χ1) is 8.04. The molecule has 0 radical (unpaired) electrons.